The topological polar surface area (TPSA) is 77.9 Å². The van der Waals surface area contributed by atoms with Crippen molar-refractivity contribution < 1.29 is 19.5 Å². The maximum absolute atomic E-state index is 12.3. The second-order valence-corrected chi connectivity index (χ2v) is 5.70. The second-order valence-electron chi connectivity index (χ2n) is 5.70. The number of amides is 2. The molecule has 0 aromatic carbocycles. The van der Waals surface area contributed by atoms with Gasteiger partial charge in [-0.25, -0.2) is 0 Å². The molecule has 2 unspecified atom stereocenters. The van der Waals surface area contributed by atoms with E-state index < -0.39 is 5.97 Å². The van der Waals surface area contributed by atoms with Crippen LogP contribution in [0.5, 0.6) is 0 Å². The summed E-state index contributed by atoms with van der Waals surface area (Å²) in [5, 5.41) is 8.88. The van der Waals surface area contributed by atoms with Crippen LogP contribution in [-0.4, -0.2) is 58.4 Å². The van der Waals surface area contributed by atoms with Gasteiger partial charge in [0.05, 0.1) is 12.5 Å². The summed E-state index contributed by atoms with van der Waals surface area (Å²) in [5.74, 6) is -0.905. The predicted octanol–water partition coefficient (Wildman–Crippen LogP) is 0.711. The first-order valence-electron chi connectivity index (χ1n) is 7.33. The van der Waals surface area contributed by atoms with Gasteiger partial charge < -0.3 is 5.11 Å². The fourth-order valence-electron chi connectivity index (χ4n) is 3.20. The number of hydrogen-bond acceptors (Lipinski definition) is 4. The molecule has 6 heteroatoms. The summed E-state index contributed by atoms with van der Waals surface area (Å²) in [6, 6.07) is -0.370. The average molecular weight is 282 g/mol. The average Bonchev–Trinajstić information content (AvgIpc) is 2.67. The minimum Gasteiger partial charge on any atom is -0.481 e. The van der Waals surface area contributed by atoms with Crippen LogP contribution in [0.3, 0.4) is 0 Å². The van der Waals surface area contributed by atoms with Crippen LogP contribution in [0.2, 0.25) is 0 Å². The fourth-order valence-corrected chi connectivity index (χ4v) is 3.20. The maximum atomic E-state index is 12.3. The van der Waals surface area contributed by atoms with Gasteiger partial charge >= 0.3 is 5.97 Å². The van der Waals surface area contributed by atoms with E-state index in [1.807, 2.05) is 11.8 Å². The summed E-state index contributed by atoms with van der Waals surface area (Å²) in [7, 11) is 0. The lowest BCUT2D eigenvalue weighted by molar-refractivity contribution is -0.139. The van der Waals surface area contributed by atoms with Crippen LogP contribution in [0.25, 0.3) is 0 Å². The standard InChI is InChI=1S/C14H22N2O4/c1-2-5-16-12(17)8-11(14(16)20)15-6-3-4-10(9-15)7-13(18)19/h10-11H,2-9H2,1H3,(H,18,19). The number of rotatable bonds is 5. The monoisotopic (exact) mass is 282 g/mol. The van der Waals surface area contributed by atoms with Gasteiger partial charge in [0.25, 0.3) is 0 Å². The third kappa shape index (κ3) is 3.17. The van der Waals surface area contributed by atoms with Crippen LogP contribution in [0.1, 0.15) is 39.0 Å². The van der Waals surface area contributed by atoms with E-state index in [1.165, 1.54) is 4.90 Å². The number of imide groups is 1. The molecule has 0 radical (unpaired) electrons. The Labute approximate surface area is 118 Å². The molecule has 2 rings (SSSR count). The lowest BCUT2D eigenvalue weighted by Crippen LogP contribution is -2.47. The molecular weight excluding hydrogens is 260 g/mol. The number of carbonyl (C=O) groups excluding carboxylic acids is 2. The molecule has 0 aliphatic carbocycles. The van der Waals surface area contributed by atoms with Gasteiger partial charge in [0.1, 0.15) is 0 Å². The van der Waals surface area contributed by atoms with Gasteiger partial charge in [0, 0.05) is 19.5 Å². The second kappa shape index (κ2) is 6.35. The van der Waals surface area contributed by atoms with Crippen LogP contribution >= 0.6 is 0 Å². The molecule has 20 heavy (non-hydrogen) atoms. The van der Waals surface area contributed by atoms with Crippen LogP contribution in [-0.2, 0) is 14.4 Å². The Morgan fingerprint density at radius 1 is 1.40 bits per heavy atom. The normalized spacial score (nSPS) is 28.1. The van der Waals surface area contributed by atoms with Gasteiger partial charge in [-0.2, -0.15) is 0 Å². The number of aliphatic carboxylic acids is 1. The summed E-state index contributed by atoms with van der Waals surface area (Å²) in [4.78, 5) is 38.3. The summed E-state index contributed by atoms with van der Waals surface area (Å²) in [6.45, 7) is 3.81. The molecule has 0 saturated carbocycles. The smallest absolute Gasteiger partial charge is 0.303 e. The third-order valence-electron chi connectivity index (χ3n) is 4.12. The molecule has 0 aromatic heterocycles. The van der Waals surface area contributed by atoms with E-state index in [9.17, 15) is 14.4 Å². The van der Waals surface area contributed by atoms with Crippen molar-refractivity contribution in [3.05, 3.63) is 0 Å². The van der Waals surface area contributed by atoms with E-state index in [0.29, 0.717) is 13.1 Å². The van der Waals surface area contributed by atoms with E-state index in [4.69, 9.17) is 5.11 Å². The van der Waals surface area contributed by atoms with Gasteiger partial charge in [-0.05, 0) is 31.7 Å². The zero-order valence-electron chi connectivity index (χ0n) is 11.9. The number of nitrogens with zero attached hydrogens (tertiary/aromatic N) is 2. The van der Waals surface area contributed by atoms with Crippen molar-refractivity contribution in [1.82, 2.24) is 9.80 Å². The number of hydrogen-bond donors (Lipinski definition) is 1. The maximum Gasteiger partial charge on any atom is 0.303 e. The molecule has 112 valence electrons. The first-order chi connectivity index (χ1) is 9.52. The Kier molecular flexibility index (Phi) is 4.75. The van der Waals surface area contributed by atoms with E-state index in [-0.39, 0.29) is 36.6 Å². The molecule has 2 fully saturated rings. The minimum atomic E-state index is -0.793. The van der Waals surface area contributed by atoms with Crippen molar-refractivity contribution in [2.75, 3.05) is 19.6 Å². The Morgan fingerprint density at radius 2 is 2.15 bits per heavy atom. The summed E-state index contributed by atoms with van der Waals surface area (Å²) >= 11 is 0. The van der Waals surface area contributed by atoms with Crippen molar-refractivity contribution >= 4 is 17.8 Å². The van der Waals surface area contributed by atoms with E-state index in [0.717, 1.165) is 25.8 Å². The van der Waals surface area contributed by atoms with Crippen molar-refractivity contribution in [2.45, 2.75) is 45.1 Å². The molecule has 2 aliphatic rings. The zero-order valence-corrected chi connectivity index (χ0v) is 11.9. The highest BCUT2D eigenvalue weighted by Gasteiger charge is 2.42. The van der Waals surface area contributed by atoms with Gasteiger partial charge in [0.2, 0.25) is 11.8 Å². The molecule has 0 spiro atoms. The first-order valence-corrected chi connectivity index (χ1v) is 7.33. The number of carboxylic acids is 1. The van der Waals surface area contributed by atoms with Crippen LogP contribution in [0, 0.1) is 5.92 Å². The Hall–Kier alpha value is -1.43. The number of likely N-dealkylation sites (tertiary alicyclic amines) is 2. The lowest BCUT2D eigenvalue weighted by Gasteiger charge is -2.35. The van der Waals surface area contributed by atoms with Crippen molar-refractivity contribution in [3.8, 4) is 0 Å². The Balaban J connectivity index is 1.99. The highest BCUT2D eigenvalue weighted by Crippen LogP contribution is 2.26. The molecule has 2 aliphatic heterocycles. The fraction of sp³-hybridized carbons (Fsp3) is 0.786. The molecule has 6 nitrogen and oxygen atoms in total. The molecule has 1 N–H and O–H groups in total. The third-order valence-corrected chi connectivity index (χ3v) is 4.12. The van der Waals surface area contributed by atoms with Crippen molar-refractivity contribution in [3.63, 3.8) is 0 Å². The SMILES string of the molecule is CCCN1C(=O)CC(N2CCCC(CC(=O)O)C2)C1=O. The molecule has 2 saturated heterocycles. The van der Waals surface area contributed by atoms with Gasteiger partial charge in [0.15, 0.2) is 0 Å². The van der Waals surface area contributed by atoms with Gasteiger partial charge in [-0.3, -0.25) is 24.2 Å². The van der Waals surface area contributed by atoms with E-state index >= 15 is 0 Å². The molecule has 2 atom stereocenters. The summed E-state index contributed by atoms with van der Waals surface area (Å²) < 4.78 is 0. The molecule has 2 amide bonds. The Morgan fingerprint density at radius 3 is 2.80 bits per heavy atom. The number of piperidine rings is 1. The number of carbonyl (C=O) groups is 3. The van der Waals surface area contributed by atoms with Crippen LogP contribution in [0.4, 0.5) is 0 Å². The molecule has 2 heterocycles. The van der Waals surface area contributed by atoms with Crippen molar-refractivity contribution in [1.29, 1.82) is 0 Å². The molecule has 0 bridgehead atoms. The lowest BCUT2D eigenvalue weighted by atomic mass is 9.93. The van der Waals surface area contributed by atoms with E-state index in [2.05, 4.69) is 0 Å². The quantitative estimate of drug-likeness (QED) is 0.751. The molecular formula is C14H22N2O4. The van der Waals surface area contributed by atoms with Gasteiger partial charge in [-0.15, -0.1) is 0 Å². The number of carboxylic acid groups (broad SMARTS) is 1. The van der Waals surface area contributed by atoms with Crippen LogP contribution < -0.4 is 0 Å². The summed E-state index contributed by atoms with van der Waals surface area (Å²) in [5.41, 5.74) is 0. The van der Waals surface area contributed by atoms with E-state index in [1.54, 1.807) is 0 Å². The highest BCUT2D eigenvalue weighted by atomic mass is 16.4. The predicted molar refractivity (Wildman–Crippen MR) is 72.0 cm³/mol. The van der Waals surface area contributed by atoms with Crippen LogP contribution in [0.15, 0.2) is 0 Å². The Bertz CT molecular complexity index is 410. The zero-order chi connectivity index (χ0) is 14.7. The minimum absolute atomic E-state index is 0.0874. The van der Waals surface area contributed by atoms with Crippen molar-refractivity contribution in [2.24, 2.45) is 5.92 Å². The first kappa shape index (κ1) is 15.0. The molecule has 0 aromatic rings. The highest BCUT2D eigenvalue weighted by molar-refractivity contribution is 6.05. The largest absolute Gasteiger partial charge is 0.481 e. The summed E-state index contributed by atoms with van der Waals surface area (Å²) in [6.07, 6.45) is 2.94. The van der Waals surface area contributed by atoms with Gasteiger partial charge in [-0.1, -0.05) is 6.92 Å².